The lowest BCUT2D eigenvalue weighted by Gasteiger charge is -2.37. The third kappa shape index (κ3) is 5.56. The molecule has 6 heteroatoms. The van der Waals surface area contributed by atoms with Crippen LogP contribution in [0, 0.1) is 0 Å². The van der Waals surface area contributed by atoms with Crippen molar-refractivity contribution >= 4 is 70.4 Å². The SMILES string of the molecule is CC[C@H](COp1oc2ccc3ccccc3c2c2c(ccc3ccccc32)o1)N(CC)P(c1ccccc1)c1ccccc1. The van der Waals surface area contributed by atoms with Crippen LogP contribution in [0.1, 0.15) is 20.3 Å². The van der Waals surface area contributed by atoms with E-state index in [1.807, 2.05) is 0 Å². The van der Waals surface area contributed by atoms with Gasteiger partial charge in [0.15, 0.2) is 0 Å². The highest BCUT2D eigenvalue weighted by Gasteiger charge is 2.28. The first-order valence-electron chi connectivity index (χ1n) is 15.2. The first-order chi connectivity index (χ1) is 21.7. The fraction of sp³-hybridized carbons (Fsp3) is 0.158. The number of fused-ring (bicyclic) bond motifs is 7. The molecule has 220 valence electrons. The Hall–Kier alpha value is -3.91. The van der Waals surface area contributed by atoms with E-state index >= 15 is 0 Å². The molecule has 7 rings (SSSR count). The van der Waals surface area contributed by atoms with Crippen LogP contribution in [0.2, 0.25) is 0 Å². The zero-order valence-corrected chi connectivity index (χ0v) is 26.8. The molecule has 1 heterocycles. The number of benzene rings is 6. The van der Waals surface area contributed by atoms with Gasteiger partial charge in [0, 0.05) is 31.4 Å². The van der Waals surface area contributed by atoms with Gasteiger partial charge in [-0.3, -0.25) is 9.19 Å². The van der Waals surface area contributed by atoms with Gasteiger partial charge in [0.05, 0.1) is 6.61 Å². The van der Waals surface area contributed by atoms with Gasteiger partial charge >= 0.3 is 8.24 Å². The maximum atomic E-state index is 6.65. The molecule has 0 aliphatic heterocycles. The second-order valence-electron chi connectivity index (χ2n) is 10.8. The molecule has 0 spiro atoms. The molecule has 0 aliphatic carbocycles. The van der Waals surface area contributed by atoms with Crippen molar-refractivity contribution in [2.75, 3.05) is 13.2 Å². The van der Waals surface area contributed by atoms with Crippen LogP contribution >= 0.6 is 16.3 Å². The van der Waals surface area contributed by atoms with Crippen LogP contribution in [-0.2, 0) is 0 Å². The van der Waals surface area contributed by atoms with Crippen LogP contribution < -0.4 is 15.1 Å². The summed E-state index contributed by atoms with van der Waals surface area (Å²) in [6, 6.07) is 47.2. The van der Waals surface area contributed by atoms with E-state index < -0.39 is 16.3 Å². The van der Waals surface area contributed by atoms with Gasteiger partial charge in [0.2, 0.25) is 0 Å². The van der Waals surface area contributed by atoms with E-state index in [4.69, 9.17) is 12.9 Å². The Balaban J connectivity index is 1.33. The van der Waals surface area contributed by atoms with Crippen molar-refractivity contribution in [2.45, 2.75) is 26.3 Å². The van der Waals surface area contributed by atoms with Gasteiger partial charge in [-0.2, -0.15) is 0 Å². The van der Waals surface area contributed by atoms with E-state index in [1.54, 1.807) is 0 Å². The number of rotatable bonds is 9. The fourth-order valence-corrected chi connectivity index (χ4v) is 9.81. The van der Waals surface area contributed by atoms with Crippen molar-refractivity contribution in [2.24, 2.45) is 0 Å². The number of hydrogen-bond donors (Lipinski definition) is 0. The molecule has 0 saturated carbocycles. The Morgan fingerprint density at radius 3 is 1.57 bits per heavy atom. The third-order valence-corrected chi connectivity index (χ3v) is 12.0. The Kier molecular flexibility index (Phi) is 8.51. The van der Waals surface area contributed by atoms with Crippen LogP contribution in [0.4, 0.5) is 0 Å². The molecule has 0 saturated heterocycles. The first-order valence-corrected chi connectivity index (χ1v) is 17.6. The minimum Gasteiger partial charge on any atom is -0.399 e. The molecule has 44 heavy (non-hydrogen) atoms. The van der Waals surface area contributed by atoms with Crippen molar-refractivity contribution in [3.05, 3.63) is 133 Å². The summed E-state index contributed by atoms with van der Waals surface area (Å²) in [7, 11) is -2.44. The zero-order chi connectivity index (χ0) is 29.9. The van der Waals surface area contributed by atoms with Crippen LogP contribution in [0.5, 0.6) is 0 Å². The summed E-state index contributed by atoms with van der Waals surface area (Å²) in [6.07, 6.45) is 0.942. The molecule has 0 bridgehead atoms. The van der Waals surface area contributed by atoms with Crippen molar-refractivity contribution in [1.29, 1.82) is 0 Å². The first kappa shape index (κ1) is 28.8. The standard InChI is InChI=1S/C38H35NO3P2/c1-3-30(39(4-2)43(31-17-7-5-8-18-31)32-19-9-6-10-20-32)27-40-44-41-35-25-23-28-15-11-13-21-33(28)37(35)38-34-22-14-12-16-29(34)24-26-36(38)42-44/h5-26,30H,3-4,27H2,1-2H3/t30-/m1/s1. The molecule has 1 atom stereocenters. The highest BCUT2D eigenvalue weighted by molar-refractivity contribution is 7.70. The smallest absolute Gasteiger partial charge is 0.387 e. The van der Waals surface area contributed by atoms with Gasteiger partial charge in [-0.25, -0.2) is 0 Å². The largest absolute Gasteiger partial charge is 0.399 e. The molecule has 6 aromatic carbocycles. The number of hydrogen-bond acceptors (Lipinski definition) is 4. The summed E-state index contributed by atoms with van der Waals surface area (Å²) in [5.74, 6) is 0. The summed E-state index contributed by atoms with van der Waals surface area (Å²) in [4.78, 5) is 0. The summed E-state index contributed by atoms with van der Waals surface area (Å²) in [5, 5.41) is 9.41. The molecule has 0 amide bonds. The second-order valence-corrected chi connectivity index (χ2v) is 14.1. The molecule has 0 aliphatic rings. The number of nitrogens with zero attached hydrogens (tertiary/aromatic N) is 1. The summed E-state index contributed by atoms with van der Waals surface area (Å²) < 4.78 is 22.5. The van der Waals surface area contributed by atoms with E-state index in [-0.39, 0.29) is 6.04 Å². The van der Waals surface area contributed by atoms with Gasteiger partial charge in [-0.05, 0) is 50.7 Å². The van der Waals surface area contributed by atoms with Crippen LogP contribution in [0.3, 0.4) is 0 Å². The Morgan fingerprint density at radius 2 is 1.09 bits per heavy atom. The Morgan fingerprint density at radius 1 is 0.614 bits per heavy atom. The fourth-order valence-electron chi connectivity index (χ4n) is 6.11. The average molecular weight is 616 g/mol. The average Bonchev–Trinajstić information content (AvgIpc) is 3.25. The van der Waals surface area contributed by atoms with Gasteiger partial charge in [0.25, 0.3) is 0 Å². The van der Waals surface area contributed by atoms with Crippen LogP contribution in [-0.4, -0.2) is 23.9 Å². The molecule has 0 fully saturated rings. The lowest BCUT2D eigenvalue weighted by Crippen LogP contribution is -2.39. The molecule has 7 aromatic rings. The van der Waals surface area contributed by atoms with E-state index in [9.17, 15) is 0 Å². The quantitative estimate of drug-likeness (QED) is 0.152. The van der Waals surface area contributed by atoms with E-state index in [2.05, 4.69) is 152 Å². The molecule has 4 nitrogen and oxygen atoms in total. The van der Waals surface area contributed by atoms with Crippen LogP contribution in [0.15, 0.2) is 142 Å². The minimum absolute atomic E-state index is 0.177. The van der Waals surface area contributed by atoms with Crippen LogP contribution in [0.25, 0.3) is 43.5 Å². The predicted molar refractivity (Wildman–Crippen MR) is 188 cm³/mol. The van der Waals surface area contributed by atoms with Gasteiger partial charge in [0.1, 0.15) is 11.2 Å². The summed E-state index contributed by atoms with van der Waals surface area (Å²) in [5.41, 5.74) is 1.59. The summed E-state index contributed by atoms with van der Waals surface area (Å²) >= 11 is 0. The molecule has 0 radical (unpaired) electrons. The lowest BCUT2D eigenvalue weighted by molar-refractivity contribution is 0.243. The number of likely N-dealkylation sites (N-methyl/N-ethyl adjacent to an activating group) is 1. The summed E-state index contributed by atoms with van der Waals surface area (Å²) in [6.45, 7) is 5.89. The second kappa shape index (κ2) is 13.0. The van der Waals surface area contributed by atoms with E-state index in [0.29, 0.717) is 6.61 Å². The lowest BCUT2D eigenvalue weighted by atomic mass is 9.99. The maximum absolute atomic E-state index is 6.65. The predicted octanol–water partition coefficient (Wildman–Crippen LogP) is 10.2. The Labute approximate surface area is 260 Å². The minimum atomic E-state index is -1.70. The van der Waals surface area contributed by atoms with Crippen molar-refractivity contribution in [3.63, 3.8) is 0 Å². The third-order valence-electron chi connectivity index (χ3n) is 8.22. The van der Waals surface area contributed by atoms with Crippen molar-refractivity contribution in [3.8, 4) is 0 Å². The molecular weight excluding hydrogens is 580 g/mol. The maximum Gasteiger partial charge on any atom is 0.387 e. The van der Waals surface area contributed by atoms with E-state index in [0.717, 1.165) is 45.7 Å². The van der Waals surface area contributed by atoms with Crippen molar-refractivity contribution < 1.29 is 12.9 Å². The Bertz CT molecular complexity index is 1940. The van der Waals surface area contributed by atoms with Gasteiger partial charge in [-0.15, -0.1) is 0 Å². The van der Waals surface area contributed by atoms with Crippen molar-refractivity contribution in [1.82, 2.24) is 4.67 Å². The highest BCUT2D eigenvalue weighted by atomic mass is 31.1. The van der Waals surface area contributed by atoms with E-state index in [1.165, 1.54) is 21.4 Å². The zero-order valence-electron chi connectivity index (χ0n) is 25.0. The molecule has 0 unspecified atom stereocenters. The highest BCUT2D eigenvalue weighted by Crippen LogP contribution is 2.43. The monoisotopic (exact) mass is 615 g/mol. The molecule has 0 N–H and O–H groups in total. The topological polar surface area (TPSA) is 38.8 Å². The molecule has 1 aromatic heterocycles. The van der Waals surface area contributed by atoms with Gasteiger partial charge in [-0.1, -0.05) is 135 Å². The van der Waals surface area contributed by atoms with Gasteiger partial charge < -0.3 is 8.39 Å². The molecular formula is C38H35NO3P2. The normalized spacial score (nSPS) is 12.5.